The third-order valence-corrected chi connectivity index (χ3v) is 7.97. The Morgan fingerprint density at radius 2 is 1.94 bits per heavy atom. The summed E-state index contributed by atoms with van der Waals surface area (Å²) >= 11 is 2.85. The van der Waals surface area contributed by atoms with Gasteiger partial charge in [-0.3, -0.25) is 14.6 Å². The molecule has 10 nitrogen and oxygen atoms in total. The van der Waals surface area contributed by atoms with Gasteiger partial charge in [-0.1, -0.05) is 0 Å². The predicted octanol–water partition coefficient (Wildman–Crippen LogP) is 3.28. The van der Waals surface area contributed by atoms with E-state index in [0.717, 1.165) is 28.6 Å². The molecular formula is C23H21N5O5S2. The first kappa shape index (κ1) is 23.1. The first-order valence-electron chi connectivity index (χ1n) is 11.0. The van der Waals surface area contributed by atoms with E-state index in [1.807, 2.05) is 18.7 Å². The van der Waals surface area contributed by atoms with Gasteiger partial charge < -0.3 is 14.6 Å². The molecule has 5 rings (SSSR count). The van der Waals surface area contributed by atoms with Gasteiger partial charge in [0.05, 0.1) is 26.6 Å². The van der Waals surface area contributed by atoms with Crippen molar-refractivity contribution in [3.63, 3.8) is 0 Å². The number of fused-ring (bicyclic) bond motifs is 1. The van der Waals surface area contributed by atoms with E-state index < -0.39 is 17.3 Å². The fourth-order valence-corrected chi connectivity index (χ4v) is 6.01. The molecule has 0 saturated carbocycles. The van der Waals surface area contributed by atoms with E-state index in [0.29, 0.717) is 29.2 Å². The van der Waals surface area contributed by atoms with E-state index in [1.165, 1.54) is 34.8 Å². The Hall–Kier alpha value is -3.64. The van der Waals surface area contributed by atoms with E-state index in [-0.39, 0.29) is 22.9 Å². The van der Waals surface area contributed by atoms with Gasteiger partial charge >= 0.3 is 11.4 Å². The van der Waals surface area contributed by atoms with Crippen molar-refractivity contribution in [3.8, 4) is 0 Å². The second kappa shape index (κ2) is 9.19. The van der Waals surface area contributed by atoms with Gasteiger partial charge in [0.2, 0.25) is 0 Å². The van der Waals surface area contributed by atoms with Gasteiger partial charge in [0.15, 0.2) is 0 Å². The number of nitrogens with zero attached hydrogens (tertiary/aromatic N) is 3. The lowest BCUT2D eigenvalue weighted by atomic mass is 9.97. The number of anilines is 1. The Bertz CT molecular complexity index is 1560. The molecule has 3 aromatic heterocycles. The van der Waals surface area contributed by atoms with Gasteiger partial charge in [0, 0.05) is 30.1 Å². The van der Waals surface area contributed by atoms with Crippen molar-refractivity contribution in [1.29, 1.82) is 0 Å². The highest BCUT2D eigenvalue weighted by Crippen LogP contribution is 2.32. The number of nitrogens with one attached hydrogen (secondary N) is 2. The minimum Gasteiger partial charge on any atom is -0.372 e. The molecule has 1 aliphatic heterocycles. The Kier molecular flexibility index (Phi) is 6.07. The number of benzene rings is 1. The van der Waals surface area contributed by atoms with Crippen LogP contribution in [-0.4, -0.2) is 44.8 Å². The third-order valence-electron chi connectivity index (χ3n) is 5.90. The molecule has 1 fully saturated rings. The number of piperidine rings is 1. The number of likely N-dealkylation sites (tertiary alicyclic amines) is 1. The van der Waals surface area contributed by atoms with Crippen LogP contribution in [0.5, 0.6) is 0 Å². The van der Waals surface area contributed by atoms with Crippen LogP contribution in [0.3, 0.4) is 0 Å². The fraction of sp³-hybridized carbons (Fsp3) is 0.304. The van der Waals surface area contributed by atoms with Gasteiger partial charge in [0.25, 0.3) is 11.8 Å². The van der Waals surface area contributed by atoms with Crippen molar-refractivity contribution in [3.05, 3.63) is 70.8 Å². The first-order valence-corrected chi connectivity index (χ1v) is 12.7. The molecule has 1 aliphatic rings. The van der Waals surface area contributed by atoms with Gasteiger partial charge in [-0.15, -0.1) is 22.7 Å². The van der Waals surface area contributed by atoms with Crippen molar-refractivity contribution in [2.24, 2.45) is 0 Å². The Labute approximate surface area is 206 Å². The minimum absolute atomic E-state index is 0.0271. The summed E-state index contributed by atoms with van der Waals surface area (Å²) in [5.74, 6) is -1.03. The molecule has 0 aliphatic carbocycles. The number of aromatic amines is 1. The van der Waals surface area contributed by atoms with Crippen molar-refractivity contribution >= 4 is 51.1 Å². The standard InChI is InChI=1S/C23H21N5O5S2/c1-11-18(35-12(2)24-11)21(30)28-7-5-13(6-8-28)20-26-17(10-34-20)19(29)25-14-3-4-16-15(9-14)22(31)33-23(32)27-16/h3-4,9-10,13H,5-8H2,1-2H3,(H,25,29)(H,27,32). The maximum Gasteiger partial charge on any atom is 0.419 e. The SMILES string of the molecule is Cc1nc(C)c(C(=O)N2CCC(c3nc(C(=O)Nc4ccc5[nH]c(=O)oc(=O)c5c4)cs3)CC2)s1. The number of aromatic nitrogens is 3. The Morgan fingerprint density at radius 1 is 1.17 bits per heavy atom. The second-order valence-corrected chi connectivity index (χ2v) is 10.4. The molecule has 0 radical (unpaired) electrons. The molecule has 4 heterocycles. The van der Waals surface area contributed by atoms with Crippen LogP contribution in [0.4, 0.5) is 5.69 Å². The zero-order valence-electron chi connectivity index (χ0n) is 18.9. The van der Waals surface area contributed by atoms with Gasteiger partial charge in [-0.05, 0) is 44.9 Å². The van der Waals surface area contributed by atoms with Gasteiger partial charge in [0.1, 0.15) is 10.6 Å². The van der Waals surface area contributed by atoms with Crippen LogP contribution in [-0.2, 0) is 0 Å². The molecule has 2 N–H and O–H groups in total. The summed E-state index contributed by atoms with van der Waals surface area (Å²) in [6, 6.07) is 4.56. The van der Waals surface area contributed by atoms with Crippen LogP contribution in [0.15, 0.2) is 37.6 Å². The number of aryl methyl sites for hydroxylation is 2. The second-order valence-electron chi connectivity index (χ2n) is 8.30. The molecule has 180 valence electrons. The monoisotopic (exact) mass is 511 g/mol. The fourth-order valence-electron chi connectivity index (χ4n) is 4.15. The molecule has 0 atom stereocenters. The highest BCUT2D eigenvalue weighted by atomic mass is 32.1. The molecule has 0 unspecified atom stereocenters. The molecule has 0 bridgehead atoms. The minimum atomic E-state index is -0.835. The molecule has 1 aromatic carbocycles. The van der Waals surface area contributed by atoms with Crippen molar-refractivity contribution in [2.45, 2.75) is 32.6 Å². The zero-order valence-corrected chi connectivity index (χ0v) is 20.5. The lowest BCUT2D eigenvalue weighted by Crippen LogP contribution is -2.37. The van der Waals surface area contributed by atoms with Crippen LogP contribution in [0, 0.1) is 13.8 Å². The third kappa shape index (κ3) is 4.66. The summed E-state index contributed by atoms with van der Waals surface area (Å²) in [6.45, 7) is 5.01. The van der Waals surface area contributed by atoms with E-state index in [1.54, 1.807) is 11.4 Å². The quantitative estimate of drug-likeness (QED) is 0.429. The molecular weight excluding hydrogens is 490 g/mol. The number of H-pyrrole nitrogens is 1. The molecule has 2 amide bonds. The van der Waals surface area contributed by atoms with E-state index >= 15 is 0 Å². The molecule has 35 heavy (non-hydrogen) atoms. The normalized spacial score (nSPS) is 14.4. The van der Waals surface area contributed by atoms with Crippen LogP contribution in [0.2, 0.25) is 0 Å². The predicted molar refractivity (Wildman–Crippen MR) is 133 cm³/mol. The average molecular weight is 512 g/mol. The topological polar surface area (TPSA) is 138 Å². The molecule has 12 heteroatoms. The van der Waals surface area contributed by atoms with E-state index in [4.69, 9.17) is 0 Å². The summed E-state index contributed by atoms with van der Waals surface area (Å²) in [7, 11) is 0. The average Bonchev–Trinajstić information content (AvgIpc) is 3.45. The number of hydrogen-bond acceptors (Lipinski definition) is 9. The zero-order chi connectivity index (χ0) is 24.7. The molecule has 0 spiro atoms. The Morgan fingerprint density at radius 3 is 2.66 bits per heavy atom. The largest absolute Gasteiger partial charge is 0.419 e. The number of carbonyl (C=O) groups excluding carboxylic acids is 2. The van der Waals surface area contributed by atoms with E-state index in [9.17, 15) is 19.2 Å². The maximum absolute atomic E-state index is 12.9. The van der Waals surface area contributed by atoms with Crippen molar-refractivity contribution in [2.75, 3.05) is 18.4 Å². The van der Waals surface area contributed by atoms with Gasteiger partial charge in [-0.25, -0.2) is 19.6 Å². The van der Waals surface area contributed by atoms with Crippen LogP contribution in [0.25, 0.3) is 10.9 Å². The highest BCUT2D eigenvalue weighted by molar-refractivity contribution is 7.13. The number of thiazole rings is 2. The lowest BCUT2D eigenvalue weighted by Gasteiger charge is -2.30. The van der Waals surface area contributed by atoms with Crippen molar-refractivity contribution < 1.29 is 14.0 Å². The summed E-state index contributed by atoms with van der Waals surface area (Å²) in [6.07, 6.45) is 1.55. The number of hydrogen-bond donors (Lipinski definition) is 2. The smallest absolute Gasteiger partial charge is 0.372 e. The molecule has 1 saturated heterocycles. The Balaban J connectivity index is 1.23. The van der Waals surface area contributed by atoms with Crippen LogP contribution in [0.1, 0.15) is 54.6 Å². The van der Waals surface area contributed by atoms with Crippen molar-refractivity contribution in [1.82, 2.24) is 19.9 Å². The van der Waals surface area contributed by atoms with Crippen LogP contribution >= 0.6 is 22.7 Å². The number of rotatable bonds is 4. The first-order chi connectivity index (χ1) is 16.8. The maximum atomic E-state index is 12.9. The van der Waals surface area contributed by atoms with Gasteiger partial charge in [-0.2, -0.15) is 0 Å². The summed E-state index contributed by atoms with van der Waals surface area (Å²) in [4.78, 5) is 62.7. The van der Waals surface area contributed by atoms with Crippen LogP contribution < -0.4 is 16.7 Å². The molecule has 4 aromatic rings. The summed E-state index contributed by atoms with van der Waals surface area (Å²) in [5.41, 5.74) is 0.993. The summed E-state index contributed by atoms with van der Waals surface area (Å²) < 4.78 is 4.54. The lowest BCUT2D eigenvalue weighted by molar-refractivity contribution is 0.0717. The highest BCUT2D eigenvalue weighted by Gasteiger charge is 2.28. The number of carbonyl (C=O) groups is 2. The van der Waals surface area contributed by atoms with E-state index in [2.05, 4.69) is 24.7 Å². The number of amides is 2. The summed E-state index contributed by atoms with van der Waals surface area (Å²) in [5, 5.41) is 6.35.